The Hall–Kier alpha value is -7.63. The van der Waals surface area contributed by atoms with Crippen molar-refractivity contribution in [3.05, 3.63) is 188 Å². The van der Waals surface area contributed by atoms with Crippen LogP contribution in [0.3, 0.4) is 0 Å². The average molecular weight is 718 g/mol. The van der Waals surface area contributed by atoms with Crippen molar-refractivity contribution in [1.29, 1.82) is 0 Å². The van der Waals surface area contributed by atoms with Crippen LogP contribution in [0.1, 0.15) is 0 Å². The predicted octanol–water partition coefficient (Wildman–Crippen LogP) is 13.7. The Labute approximate surface area is 322 Å². The second kappa shape index (κ2) is 13.0. The number of furan rings is 2. The van der Waals surface area contributed by atoms with Crippen LogP contribution in [-0.4, -0.2) is 15.0 Å². The molecule has 0 saturated heterocycles. The summed E-state index contributed by atoms with van der Waals surface area (Å²) in [4.78, 5) is 14.4. The van der Waals surface area contributed by atoms with E-state index in [0.717, 1.165) is 105 Å². The third-order valence-electron chi connectivity index (χ3n) is 10.6. The molecule has 0 fully saturated rings. The third-order valence-corrected chi connectivity index (χ3v) is 10.6. The Bertz CT molecular complexity index is 3240. The fourth-order valence-electron chi connectivity index (χ4n) is 7.87. The molecule has 0 atom stereocenters. The summed E-state index contributed by atoms with van der Waals surface area (Å²) < 4.78 is 12.9. The highest BCUT2D eigenvalue weighted by molar-refractivity contribution is 6.17. The molecule has 5 heteroatoms. The molecule has 7 aromatic carbocycles. The van der Waals surface area contributed by atoms with E-state index >= 15 is 0 Å². The fourth-order valence-corrected chi connectivity index (χ4v) is 7.87. The van der Waals surface area contributed by atoms with Gasteiger partial charge in [-0.2, -0.15) is 0 Å². The largest absolute Gasteiger partial charge is 0.456 e. The second-order valence-electron chi connectivity index (χ2n) is 14.0. The molecule has 0 amide bonds. The molecule has 56 heavy (non-hydrogen) atoms. The highest BCUT2D eigenvalue weighted by Crippen LogP contribution is 2.43. The number of aromatic nitrogens is 3. The lowest BCUT2D eigenvalue weighted by atomic mass is 9.93. The molecule has 4 heterocycles. The first-order valence-electron chi connectivity index (χ1n) is 18.7. The summed E-state index contributed by atoms with van der Waals surface area (Å²) in [5.74, 6) is 0.680. The van der Waals surface area contributed by atoms with Crippen molar-refractivity contribution in [3.63, 3.8) is 0 Å². The fraction of sp³-hybridized carbons (Fsp3) is 0. The molecule has 0 spiro atoms. The van der Waals surface area contributed by atoms with Crippen LogP contribution >= 0.6 is 0 Å². The van der Waals surface area contributed by atoms with Crippen LogP contribution in [0.4, 0.5) is 0 Å². The van der Waals surface area contributed by atoms with Gasteiger partial charge in [0.05, 0.1) is 11.4 Å². The van der Waals surface area contributed by atoms with Crippen molar-refractivity contribution < 1.29 is 8.83 Å². The molecular formula is C51H31N3O2. The van der Waals surface area contributed by atoms with Crippen LogP contribution in [0.5, 0.6) is 0 Å². The molecule has 11 aromatic rings. The smallest absolute Gasteiger partial charge is 0.160 e. The number of nitrogens with zero attached hydrogens (tertiary/aromatic N) is 3. The van der Waals surface area contributed by atoms with E-state index in [4.69, 9.17) is 18.8 Å². The van der Waals surface area contributed by atoms with Gasteiger partial charge in [-0.05, 0) is 82.4 Å². The quantitative estimate of drug-likeness (QED) is 0.171. The van der Waals surface area contributed by atoms with Crippen molar-refractivity contribution in [2.45, 2.75) is 0 Å². The Morgan fingerprint density at radius 3 is 1.79 bits per heavy atom. The summed E-state index contributed by atoms with van der Waals surface area (Å²) in [6.45, 7) is 0. The Morgan fingerprint density at radius 1 is 0.339 bits per heavy atom. The summed E-state index contributed by atoms with van der Waals surface area (Å²) in [6.07, 6.45) is 3.64. The molecule has 0 aliphatic heterocycles. The zero-order valence-electron chi connectivity index (χ0n) is 30.1. The van der Waals surface area contributed by atoms with E-state index < -0.39 is 0 Å². The van der Waals surface area contributed by atoms with Gasteiger partial charge >= 0.3 is 0 Å². The summed E-state index contributed by atoms with van der Waals surface area (Å²) in [6, 6.07) is 60.7. The highest BCUT2D eigenvalue weighted by Gasteiger charge is 2.19. The first-order chi connectivity index (χ1) is 27.7. The van der Waals surface area contributed by atoms with E-state index in [-0.39, 0.29) is 0 Å². The summed E-state index contributed by atoms with van der Waals surface area (Å²) in [5, 5.41) is 4.38. The zero-order chi connectivity index (χ0) is 37.0. The lowest BCUT2D eigenvalue weighted by Gasteiger charge is -2.12. The maximum absolute atomic E-state index is 6.66. The molecule has 0 bridgehead atoms. The van der Waals surface area contributed by atoms with Gasteiger partial charge in [-0.3, -0.25) is 4.98 Å². The van der Waals surface area contributed by atoms with Gasteiger partial charge < -0.3 is 8.83 Å². The van der Waals surface area contributed by atoms with Crippen molar-refractivity contribution in [2.75, 3.05) is 0 Å². The molecule has 0 N–H and O–H groups in total. The van der Waals surface area contributed by atoms with Gasteiger partial charge in [0.25, 0.3) is 0 Å². The molecular weight excluding hydrogens is 687 g/mol. The topological polar surface area (TPSA) is 65.0 Å². The first-order valence-corrected chi connectivity index (χ1v) is 18.7. The van der Waals surface area contributed by atoms with Crippen LogP contribution in [0.15, 0.2) is 197 Å². The van der Waals surface area contributed by atoms with E-state index in [1.807, 2.05) is 73.1 Å². The molecule has 0 radical (unpaired) electrons. The van der Waals surface area contributed by atoms with Crippen LogP contribution < -0.4 is 0 Å². The van der Waals surface area contributed by atoms with Crippen molar-refractivity contribution in [1.82, 2.24) is 15.0 Å². The van der Waals surface area contributed by atoms with Crippen LogP contribution in [0, 0.1) is 0 Å². The number of para-hydroxylation sites is 2. The summed E-state index contributed by atoms with van der Waals surface area (Å²) in [5.41, 5.74) is 14.6. The lowest BCUT2D eigenvalue weighted by molar-refractivity contribution is 0.668. The molecule has 0 aliphatic rings. The number of hydrogen-bond acceptors (Lipinski definition) is 5. The predicted molar refractivity (Wildman–Crippen MR) is 227 cm³/mol. The van der Waals surface area contributed by atoms with Gasteiger partial charge in [-0.15, -0.1) is 0 Å². The Morgan fingerprint density at radius 2 is 0.964 bits per heavy atom. The van der Waals surface area contributed by atoms with Gasteiger partial charge in [-0.25, -0.2) is 9.97 Å². The molecule has 0 saturated carbocycles. The van der Waals surface area contributed by atoms with E-state index in [9.17, 15) is 0 Å². The van der Waals surface area contributed by atoms with Crippen LogP contribution in [0.2, 0.25) is 0 Å². The van der Waals surface area contributed by atoms with Crippen molar-refractivity contribution in [3.8, 4) is 67.3 Å². The molecule has 5 nitrogen and oxygen atoms in total. The number of rotatable bonds is 6. The monoisotopic (exact) mass is 717 g/mol. The minimum atomic E-state index is 0.680. The maximum Gasteiger partial charge on any atom is 0.160 e. The van der Waals surface area contributed by atoms with E-state index in [1.165, 1.54) is 0 Å². The molecule has 262 valence electrons. The van der Waals surface area contributed by atoms with Crippen LogP contribution in [-0.2, 0) is 0 Å². The number of benzene rings is 7. The number of fused-ring (bicyclic) bond motifs is 6. The van der Waals surface area contributed by atoms with Gasteiger partial charge in [-0.1, -0.05) is 121 Å². The number of pyridine rings is 1. The van der Waals surface area contributed by atoms with E-state index in [1.54, 1.807) is 0 Å². The Balaban J connectivity index is 1.02. The normalized spacial score (nSPS) is 11.6. The minimum Gasteiger partial charge on any atom is -0.456 e. The summed E-state index contributed by atoms with van der Waals surface area (Å²) in [7, 11) is 0. The van der Waals surface area contributed by atoms with Crippen molar-refractivity contribution in [2.24, 2.45) is 0 Å². The standard InChI is InChI=1S/C51H31N3O2/c1-2-9-35(10-3-1)51-53-44(31-45(54-51)38-12-8-11-36(29-38)32-25-27-52-28-26-32)34-19-17-33(18-20-34)39-23-24-40(50-49(39)43-14-5-7-16-47(43)56-50)37-21-22-42-41-13-4-6-15-46(41)55-48(42)30-37/h1-31H. The highest BCUT2D eigenvalue weighted by atomic mass is 16.3. The van der Waals surface area contributed by atoms with Gasteiger partial charge in [0.2, 0.25) is 0 Å². The van der Waals surface area contributed by atoms with Gasteiger partial charge in [0.1, 0.15) is 22.3 Å². The summed E-state index contributed by atoms with van der Waals surface area (Å²) >= 11 is 0. The first kappa shape index (κ1) is 31.9. The number of hydrogen-bond donors (Lipinski definition) is 0. The average Bonchev–Trinajstić information content (AvgIpc) is 3.85. The van der Waals surface area contributed by atoms with Crippen molar-refractivity contribution >= 4 is 43.9 Å². The van der Waals surface area contributed by atoms with E-state index in [2.05, 4.69) is 120 Å². The van der Waals surface area contributed by atoms with E-state index in [0.29, 0.717) is 5.82 Å². The molecule has 0 unspecified atom stereocenters. The maximum atomic E-state index is 6.66. The third kappa shape index (κ3) is 5.45. The van der Waals surface area contributed by atoms with Crippen LogP contribution in [0.25, 0.3) is 111 Å². The SMILES string of the molecule is c1ccc(-c2nc(-c3ccc(-c4ccc(-c5ccc6c(c5)oc5ccccc56)c5oc6ccccc6c45)cc3)cc(-c3cccc(-c4ccncc4)c3)n2)cc1. The second-order valence-corrected chi connectivity index (χ2v) is 14.0. The lowest BCUT2D eigenvalue weighted by Crippen LogP contribution is -1.96. The molecule has 4 aromatic heterocycles. The molecule has 11 rings (SSSR count). The zero-order valence-corrected chi connectivity index (χ0v) is 30.1. The van der Waals surface area contributed by atoms with Gasteiger partial charge in [0, 0.05) is 56.2 Å². The van der Waals surface area contributed by atoms with Gasteiger partial charge in [0.15, 0.2) is 5.82 Å². The minimum absolute atomic E-state index is 0.680. The Kier molecular flexibility index (Phi) is 7.42. The molecule has 0 aliphatic carbocycles.